The molecule has 15 heavy (non-hydrogen) atoms. The van der Waals surface area contributed by atoms with Gasteiger partial charge >= 0.3 is 0 Å². The summed E-state index contributed by atoms with van der Waals surface area (Å²) in [4.78, 5) is 0. The van der Waals surface area contributed by atoms with E-state index in [9.17, 15) is 5.11 Å². The maximum Gasteiger partial charge on any atom is 0.0631 e. The fraction of sp³-hybridized carbons (Fsp3) is 0.750. The first kappa shape index (κ1) is 10.7. The Balaban J connectivity index is 2.04. The summed E-state index contributed by atoms with van der Waals surface area (Å²) in [7, 11) is 0. The summed E-state index contributed by atoms with van der Waals surface area (Å²) in [5.74, 6) is 0. The van der Waals surface area contributed by atoms with Crippen LogP contribution in [0.15, 0.2) is 12.3 Å². The predicted octanol–water partition coefficient (Wildman–Crippen LogP) is 2.17. The van der Waals surface area contributed by atoms with Crippen LogP contribution in [0.25, 0.3) is 0 Å². The highest BCUT2D eigenvalue weighted by Gasteiger charge is 2.36. The lowest BCUT2D eigenvalue weighted by atomic mass is 9.67. The Kier molecular flexibility index (Phi) is 2.83. The fourth-order valence-corrected chi connectivity index (χ4v) is 2.21. The second-order valence-electron chi connectivity index (χ2n) is 5.07. The first-order chi connectivity index (χ1) is 7.15. The zero-order valence-corrected chi connectivity index (χ0v) is 9.61. The van der Waals surface area contributed by atoms with Crippen LogP contribution in [0, 0.1) is 5.41 Å². The van der Waals surface area contributed by atoms with E-state index in [1.165, 1.54) is 6.42 Å². The Morgan fingerprint density at radius 3 is 2.67 bits per heavy atom. The first-order valence-electron chi connectivity index (χ1n) is 5.80. The van der Waals surface area contributed by atoms with E-state index in [1.54, 1.807) is 0 Å². The second-order valence-corrected chi connectivity index (χ2v) is 5.07. The van der Waals surface area contributed by atoms with Crippen LogP contribution in [-0.4, -0.2) is 21.5 Å². The van der Waals surface area contributed by atoms with Crippen molar-refractivity contribution in [1.82, 2.24) is 9.78 Å². The quantitative estimate of drug-likeness (QED) is 0.823. The normalized spacial score (nSPS) is 19.2. The predicted molar refractivity (Wildman–Crippen MR) is 59.7 cm³/mol. The molecule has 2 rings (SSSR count). The van der Waals surface area contributed by atoms with E-state index in [4.69, 9.17) is 0 Å². The summed E-state index contributed by atoms with van der Waals surface area (Å²) in [5, 5.41) is 13.9. The van der Waals surface area contributed by atoms with Gasteiger partial charge in [0.25, 0.3) is 0 Å². The van der Waals surface area contributed by atoms with Gasteiger partial charge in [-0.1, -0.05) is 6.42 Å². The van der Waals surface area contributed by atoms with Gasteiger partial charge in [-0.3, -0.25) is 4.68 Å². The topological polar surface area (TPSA) is 38.0 Å². The monoisotopic (exact) mass is 208 g/mol. The SMILES string of the molecule is CC(C)n1ccc(CC2(CO)CCC2)n1. The Hall–Kier alpha value is -0.830. The van der Waals surface area contributed by atoms with Crippen molar-refractivity contribution in [3.63, 3.8) is 0 Å². The van der Waals surface area contributed by atoms with E-state index < -0.39 is 0 Å². The van der Waals surface area contributed by atoms with Gasteiger partial charge in [0, 0.05) is 18.8 Å². The molecule has 0 amide bonds. The molecule has 3 nitrogen and oxygen atoms in total. The van der Waals surface area contributed by atoms with E-state index in [1.807, 2.05) is 10.9 Å². The summed E-state index contributed by atoms with van der Waals surface area (Å²) < 4.78 is 1.99. The van der Waals surface area contributed by atoms with Crippen molar-refractivity contribution in [3.8, 4) is 0 Å². The fourth-order valence-electron chi connectivity index (χ4n) is 2.21. The second kappa shape index (κ2) is 3.97. The van der Waals surface area contributed by atoms with Crippen molar-refractivity contribution in [1.29, 1.82) is 0 Å². The molecule has 1 aliphatic rings. The average molecular weight is 208 g/mol. The number of nitrogens with zero attached hydrogens (tertiary/aromatic N) is 2. The molecule has 1 heterocycles. The molecule has 1 saturated carbocycles. The highest BCUT2D eigenvalue weighted by atomic mass is 16.3. The average Bonchev–Trinajstić information content (AvgIpc) is 2.59. The molecule has 0 saturated heterocycles. The molecule has 1 aromatic rings. The molecule has 0 aromatic carbocycles. The third-order valence-corrected chi connectivity index (χ3v) is 3.50. The van der Waals surface area contributed by atoms with Crippen LogP contribution in [0.3, 0.4) is 0 Å². The van der Waals surface area contributed by atoms with Gasteiger partial charge in [-0.15, -0.1) is 0 Å². The third kappa shape index (κ3) is 2.07. The molecule has 3 heteroatoms. The van der Waals surface area contributed by atoms with Crippen LogP contribution < -0.4 is 0 Å². The molecule has 1 fully saturated rings. The minimum Gasteiger partial charge on any atom is -0.396 e. The van der Waals surface area contributed by atoms with E-state index in [2.05, 4.69) is 25.0 Å². The maximum absolute atomic E-state index is 9.38. The molecule has 0 radical (unpaired) electrons. The van der Waals surface area contributed by atoms with E-state index in [0.29, 0.717) is 12.6 Å². The number of hydrogen-bond acceptors (Lipinski definition) is 2. The third-order valence-electron chi connectivity index (χ3n) is 3.50. The molecule has 84 valence electrons. The van der Waals surface area contributed by atoms with Crippen molar-refractivity contribution in [2.75, 3.05) is 6.61 Å². The van der Waals surface area contributed by atoms with Crippen molar-refractivity contribution in [3.05, 3.63) is 18.0 Å². The zero-order chi connectivity index (χ0) is 10.9. The molecule has 1 aliphatic carbocycles. The van der Waals surface area contributed by atoms with Gasteiger partial charge in [-0.25, -0.2) is 0 Å². The van der Waals surface area contributed by atoms with Gasteiger partial charge < -0.3 is 5.11 Å². The maximum atomic E-state index is 9.38. The van der Waals surface area contributed by atoms with Gasteiger partial charge in [0.05, 0.1) is 5.69 Å². The number of rotatable bonds is 4. The Morgan fingerprint density at radius 1 is 1.53 bits per heavy atom. The van der Waals surface area contributed by atoms with Gasteiger partial charge in [0.2, 0.25) is 0 Å². The van der Waals surface area contributed by atoms with Gasteiger partial charge in [-0.05, 0) is 44.6 Å². The molecule has 0 bridgehead atoms. The molecule has 1 N–H and O–H groups in total. The lowest BCUT2D eigenvalue weighted by Gasteiger charge is -2.39. The van der Waals surface area contributed by atoms with Crippen LogP contribution in [0.5, 0.6) is 0 Å². The molecular formula is C12H20N2O. The van der Waals surface area contributed by atoms with E-state index >= 15 is 0 Å². The number of aliphatic hydroxyl groups excluding tert-OH is 1. The van der Waals surface area contributed by atoms with Crippen molar-refractivity contribution < 1.29 is 5.11 Å². The molecule has 0 atom stereocenters. The minimum atomic E-state index is 0.149. The molecule has 0 aliphatic heterocycles. The van der Waals surface area contributed by atoms with Crippen molar-refractivity contribution in [2.45, 2.75) is 45.6 Å². The Labute approximate surface area is 91.1 Å². The van der Waals surface area contributed by atoms with E-state index in [-0.39, 0.29) is 5.41 Å². The lowest BCUT2D eigenvalue weighted by molar-refractivity contribution is 0.0439. The Morgan fingerprint density at radius 2 is 2.27 bits per heavy atom. The number of aliphatic hydroxyl groups is 1. The van der Waals surface area contributed by atoms with Crippen molar-refractivity contribution in [2.24, 2.45) is 5.41 Å². The van der Waals surface area contributed by atoms with Crippen molar-refractivity contribution >= 4 is 0 Å². The molecule has 1 aromatic heterocycles. The summed E-state index contributed by atoms with van der Waals surface area (Å²) in [5.41, 5.74) is 1.27. The summed E-state index contributed by atoms with van der Waals surface area (Å²) in [6.07, 6.45) is 6.52. The standard InChI is InChI=1S/C12H20N2O/c1-10(2)14-7-4-11(13-14)8-12(9-15)5-3-6-12/h4,7,10,15H,3,5-6,8-9H2,1-2H3. The molecule has 0 spiro atoms. The Bertz CT molecular complexity index is 321. The van der Waals surface area contributed by atoms with Gasteiger partial charge in [0.15, 0.2) is 0 Å². The number of hydrogen-bond donors (Lipinski definition) is 1. The van der Waals surface area contributed by atoms with Crippen LogP contribution in [0.2, 0.25) is 0 Å². The minimum absolute atomic E-state index is 0.149. The van der Waals surface area contributed by atoms with Crippen LogP contribution in [0.4, 0.5) is 0 Å². The first-order valence-corrected chi connectivity index (χ1v) is 5.80. The summed E-state index contributed by atoms with van der Waals surface area (Å²) in [6.45, 7) is 4.56. The lowest BCUT2D eigenvalue weighted by Crippen LogP contribution is -2.35. The van der Waals surface area contributed by atoms with Crippen LogP contribution in [-0.2, 0) is 6.42 Å². The van der Waals surface area contributed by atoms with Crippen LogP contribution >= 0.6 is 0 Å². The zero-order valence-electron chi connectivity index (χ0n) is 9.61. The smallest absolute Gasteiger partial charge is 0.0631 e. The summed E-state index contributed by atoms with van der Waals surface area (Å²) in [6, 6.07) is 2.50. The highest BCUT2D eigenvalue weighted by molar-refractivity contribution is 5.06. The van der Waals surface area contributed by atoms with E-state index in [0.717, 1.165) is 25.0 Å². The van der Waals surface area contributed by atoms with Crippen LogP contribution in [0.1, 0.15) is 44.8 Å². The number of aromatic nitrogens is 2. The largest absolute Gasteiger partial charge is 0.396 e. The van der Waals surface area contributed by atoms with Gasteiger partial charge in [-0.2, -0.15) is 5.10 Å². The van der Waals surface area contributed by atoms with Gasteiger partial charge in [0.1, 0.15) is 0 Å². The highest BCUT2D eigenvalue weighted by Crippen LogP contribution is 2.42. The summed E-state index contributed by atoms with van der Waals surface area (Å²) >= 11 is 0. The molecular weight excluding hydrogens is 188 g/mol. The molecule has 0 unspecified atom stereocenters.